The Labute approximate surface area is 110 Å². The molecule has 0 bridgehead atoms. The average Bonchev–Trinajstić information content (AvgIpc) is 2.34. The summed E-state index contributed by atoms with van der Waals surface area (Å²) in [6, 6.07) is 9.69. The topological polar surface area (TPSA) is 36.7 Å². The number of fused-ring (bicyclic) bond motifs is 1. The van der Waals surface area contributed by atoms with Gasteiger partial charge in [0.25, 0.3) is 0 Å². The summed E-state index contributed by atoms with van der Waals surface area (Å²) in [7, 11) is 0. The first-order valence-corrected chi connectivity index (χ1v) is 6.00. The van der Waals surface area contributed by atoms with Crippen molar-refractivity contribution in [3.8, 4) is 6.07 Å². The molecule has 1 aromatic carbocycles. The van der Waals surface area contributed by atoms with Crippen LogP contribution in [0.2, 0.25) is 10.0 Å². The molecule has 1 aromatic heterocycles. The lowest BCUT2D eigenvalue weighted by molar-refractivity contribution is 0.724. The van der Waals surface area contributed by atoms with E-state index in [9.17, 15) is 0 Å². The number of halogens is 2. The van der Waals surface area contributed by atoms with Gasteiger partial charge in [0.1, 0.15) is 0 Å². The van der Waals surface area contributed by atoms with Gasteiger partial charge in [0.2, 0.25) is 0 Å². The fourth-order valence-electron chi connectivity index (χ4n) is 1.64. The Morgan fingerprint density at radius 1 is 1.29 bits per heavy atom. The summed E-state index contributed by atoms with van der Waals surface area (Å²) in [6.07, 6.45) is 0.620. The van der Waals surface area contributed by atoms with E-state index in [1.807, 2.05) is 25.1 Å². The first kappa shape index (κ1) is 12.2. The number of nitriles is 1. The number of aromatic nitrogens is 1. The predicted molar refractivity (Wildman–Crippen MR) is 70.2 cm³/mol. The minimum absolute atomic E-state index is 0.0575. The van der Waals surface area contributed by atoms with E-state index in [2.05, 4.69) is 11.1 Å². The normalized spacial score (nSPS) is 12.4. The highest BCUT2D eigenvalue weighted by Gasteiger charge is 2.08. The molecule has 0 fully saturated rings. The lowest BCUT2D eigenvalue weighted by Crippen LogP contribution is -1.99. The van der Waals surface area contributed by atoms with E-state index < -0.39 is 0 Å². The fraction of sp³-hybridized carbons (Fsp3) is 0.231. The van der Waals surface area contributed by atoms with Gasteiger partial charge < -0.3 is 0 Å². The fourth-order valence-corrected chi connectivity index (χ4v) is 2.01. The van der Waals surface area contributed by atoms with Crippen LogP contribution in [0.4, 0.5) is 0 Å². The van der Waals surface area contributed by atoms with Gasteiger partial charge in [-0.05, 0) is 19.1 Å². The smallest absolute Gasteiger partial charge is 0.0906 e. The van der Waals surface area contributed by atoms with Crippen LogP contribution in [0.1, 0.15) is 12.6 Å². The molecule has 2 nitrogen and oxygen atoms in total. The second-order valence-corrected chi connectivity index (χ2v) is 4.76. The lowest BCUT2D eigenvalue weighted by Gasteiger charge is -2.06. The van der Waals surface area contributed by atoms with Gasteiger partial charge in [0.15, 0.2) is 0 Å². The van der Waals surface area contributed by atoms with E-state index in [-0.39, 0.29) is 5.92 Å². The summed E-state index contributed by atoms with van der Waals surface area (Å²) >= 11 is 12.1. The molecule has 0 aliphatic heterocycles. The highest BCUT2D eigenvalue weighted by molar-refractivity contribution is 6.44. The maximum absolute atomic E-state index is 8.78. The van der Waals surface area contributed by atoms with Crippen molar-refractivity contribution >= 4 is 34.1 Å². The largest absolute Gasteiger partial charge is 0.251 e. The van der Waals surface area contributed by atoms with Crippen molar-refractivity contribution in [1.82, 2.24) is 4.98 Å². The molecule has 2 aromatic rings. The summed E-state index contributed by atoms with van der Waals surface area (Å²) in [5, 5.41) is 10.7. The Bertz CT molecular complexity index is 602. The SMILES string of the molecule is CC(C#N)Cc1ccc2ccc(Cl)c(Cl)c2n1. The summed E-state index contributed by atoms with van der Waals surface area (Å²) in [4.78, 5) is 4.46. The van der Waals surface area contributed by atoms with Gasteiger partial charge >= 0.3 is 0 Å². The number of hydrogen-bond acceptors (Lipinski definition) is 2. The number of rotatable bonds is 2. The minimum atomic E-state index is -0.0575. The molecule has 1 atom stereocenters. The van der Waals surface area contributed by atoms with Crippen molar-refractivity contribution in [3.05, 3.63) is 40.0 Å². The monoisotopic (exact) mass is 264 g/mol. The predicted octanol–water partition coefficient (Wildman–Crippen LogP) is 4.24. The van der Waals surface area contributed by atoms with Gasteiger partial charge in [0, 0.05) is 23.4 Å². The van der Waals surface area contributed by atoms with Crippen LogP contribution in [0.3, 0.4) is 0 Å². The summed E-state index contributed by atoms with van der Waals surface area (Å²) in [5.74, 6) is -0.0575. The van der Waals surface area contributed by atoms with E-state index in [0.717, 1.165) is 11.1 Å². The summed E-state index contributed by atoms with van der Waals surface area (Å²) in [5.41, 5.74) is 1.55. The molecule has 1 heterocycles. The second kappa shape index (κ2) is 4.91. The standard InChI is InChI=1S/C13H10Cl2N2/c1-8(7-16)6-10-4-2-9-3-5-11(14)12(15)13(9)17-10/h2-5,8H,6H2,1H3. The highest BCUT2D eigenvalue weighted by Crippen LogP contribution is 2.29. The average molecular weight is 265 g/mol. The molecule has 4 heteroatoms. The van der Waals surface area contributed by atoms with Crippen molar-refractivity contribution in [2.75, 3.05) is 0 Å². The lowest BCUT2D eigenvalue weighted by atomic mass is 10.1. The van der Waals surface area contributed by atoms with E-state index in [1.165, 1.54) is 0 Å². The van der Waals surface area contributed by atoms with Crippen LogP contribution in [0.25, 0.3) is 10.9 Å². The first-order chi connectivity index (χ1) is 8.11. The van der Waals surface area contributed by atoms with Crippen molar-refractivity contribution in [2.24, 2.45) is 5.92 Å². The third kappa shape index (κ3) is 2.52. The number of pyridine rings is 1. The molecular weight excluding hydrogens is 255 g/mol. The zero-order valence-corrected chi connectivity index (χ0v) is 10.8. The van der Waals surface area contributed by atoms with Crippen LogP contribution in [0.15, 0.2) is 24.3 Å². The third-order valence-corrected chi connectivity index (χ3v) is 3.34. The van der Waals surface area contributed by atoms with Crippen molar-refractivity contribution in [1.29, 1.82) is 5.26 Å². The van der Waals surface area contributed by atoms with E-state index in [0.29, 0.717) is 22.0 Å². The van der Waals surface area contributed by atoms with Crippen LogP contribution in [-0.2, 0) is 6.42 Å². The van der Waals surface area contributed by atoms with Gasteiger partial charge in [-0.1, -0.05) is 35.3 Å². The van der Waals surface area contributed by atoms with Crippen LogP contribution in [0.5, 0.6) is 0 Å². The Morgan fingerprint density at radius 2 is 2.00 bits per heavy atom. The highest BCUT2D eigenvalue weighted by atomic mass is 35.5. The van der Waals surface area contributed by atoms with E-state index in [4.69, 9.17) is 28.5 Å². The Hall–Kier alpha value is -1.30. The summed E-state index contributed by atoms with van der Waals surface area (Å²) < 4.78 is 0. The van der Waals surface area contributed by atoms with E-state index in [1.54, 1.807) is 6.07 Å². The van der Waals surface area contributed by atoms with Crippen LogP contribution < -0.4 is 0 Å². The van der Waals surface area contributed by atoms with Crippen molar-refractivity contribution in [2.45, 2.75) is 13.3 Å². The van der Waals surface area contributed by atoms with Gasteiger partial charge in [-0.15, -0.1) is 0 Å². The quantitative estimate of drug-likeness (QED) is 0.814. The third-order valence-electron chi connectivity index (χ3n) is 2.55. The Balaban J connectivity index is 2.50. The molecule has 86 valence electrons. The van der Waals surface area contributed by atoms with Gasteiger partial charge in [0.05, 0.1) is 21.6 Å². The molecule has 0 saturated heterocycles. The molecule has 17 heavy (non-hydrogen) atoms. The number of hydrogen-bond donors (Lipinski definition) is 0. The van der Waals surface area contributed by atoms with E-state index >= 15 is 0 Å². The van der Waals surface area contributed by atoms with Crippen molar-refractivity contribution < 1.29 is 0 Å². The number of benzene rings is 1. The molecule has 0 spiro atoms. The molecule has 0 radical (unpaired) electrons. The van der Waals surface area contributed by atoms with Gasteiger partial charge in [-0.25, -0.2) is 0 Å². The van der Waals surface area contributed by atoms with Crippen LogP contribution >= 0.6 is 23.2 Å². The van der Waals surface area contributed by atoms with Gasteiger partial charge in [-0.3, -0.25) is 4.98 Å². The Morgan fingerprint density at radius 3 is 2.71 bits per heavy atom. The zero-order valence-electron chi connectivity index (χ0n) is 9.24. The van der Waals surface area contributed by atoms with Gasteiger partial charge in [-0.2, -0.15) is 5.26 Å². The Kier molecular flexibility index (Phi) is 3.51. The summed E-state index contributed by atoms with van der Waals surface area (Å²) in [6.45, 7) is 1.87. The first-order valence-electron chi connectivity index (χ1n) is 5.25. The van der Waals surface area contributed by atoms with Crippen molar-refractivity contribution in [3.63, 3.8) is 0 Å². The molecule has 0 aliphatic rings. The van der Waals surface area contributed by atoms with Crippen LogP contribution in [0, 0.1) is 17.2 Å². The molecule has 0 amide bonds. The minimum Gasteiger partial charge on any atom is -0.251 e. The maximum Gasteiger partial charge on any atom is 0.0906 e. The second-order valence-electron chi connectivity index (χ2n) is 3.97. The molecule has 0 N–H and O–H groups in total. The number of nitrogens with zero attached hydrogens (tertiary/aromatic N) is 2. The molecule has 0 saturated carbocycles. The van der Waals surface area contributed by atoms with Crippen LogP contribution in [-0.4, -0.2) is 4.98 Å². The molecule has 2 rings (SSSR count). The molecular formula is C13H10Cl2N2. The maximum atomic E-state index is 8.78. The zero-order chi connectivity index (χ0) is 12.4. The molecule has 0 aliphatic carbocycles. The molecule has 1 unspecified atom stereocenters.